The molecule has 4 nitrogen and oxygen atoms in total. The normalized spacial score (nSPS) is 11.8. The van der Waals surface area contributed by atoms with Crippen molar-refractivity contribution < 1.29 is 30.5 Å². The van der Waals surface area contributed by atoms with Crippen LogP contribution in [0.1, 0.15) is 0 Å². The Hall–Kier alpha value is -3.17. The quantitative estimate of drug-likeness (QED) is 0.101. The third kappa shape index (κ3) is 5.32. The van der Waals surface area contributed by atoms with E-state index in [0.717, 1.165) is 26.7 Å². The minimum atomic E-state index is -6.09. The smallest absolute Gasteiger partial charge is 0.485 e. The van der Waals surface area contributed by atoms with Crippen LogP contribution in [0.4, 0.5) is 13.2 Å². The second-order valence-corrected chi connectivity index (χ2v) is 9.88. The summed E-state index contributed by atoms with van der Waals surface area (Å²) in [4.78, 5) is 0. The molecule has 10 heteroatoms. The molecule has 0 N–H and O–H groups in total. The van der Waals surface area contributed by atoms with Crippen molar-refractivity contribution in [3.63, 3.8) is 0 Å². The van der Waals surface area contributed by atoms with E-state index < -0.39 is 15.6 Å². The van der Waals surface area contributed by atoms with Gasteiger partial charge in [-0.2, -0.15) is 17.6 Å². The summed E-state index contributed by atoms with van der Waals surface area (Å²) in [6, 6.07) is 30.9. The van der Waals surface area contributed by atoms with Crippen LogP contribution in [0.25, 0.3) is 38.7 Å². The van der Waals surface area contributed by atoms with E-state index in [0.29, 0.717) is 0 Å². The first-order valence-corrected chi connectivity index (χ1v) is 12.5. The Morgan fingerprint density at radius 2 is 1.11 bits per heavy atom. The van der Waals surface area contributed by atoms with E-state index in [9.17, 15) is 13.2 Å². The summed E-state index contributed by atoms with van der Waals surface area (Å²) in [6.07, 6.45) is 2.11. The number of nitrogens with zero attached hydrogens (tertiary/aromatic N) is 1. The number of fused-ring (bicyclic) bond motifs is 3. The highest BCUT2D eigenvalue weighted by molar-refractivity contribution is 7.86. The summed E-state index contributed by atoms with van der Waals surface area (Å²) in [5.41, 5.74) is 1.31. The summed E-state index contributed by atoms with van der Waals surface area (Å²) in [7, 11) is -6.09. The number of benzene rings is 3. The van der Waals surface area contributed by atoms with Crippen LogP contribution in [0.5, 0.6) is 0 Å². The molecule has 0 aliphatic rings. The minimum absolute atomic E-state index is 0.731. The number of rotatable bonds is 2. The second-order valence-electron chi connectivity index (χ2n) is 7.64. The van der Waals surface area contributed by atoms with E-state index in [1.54, 1.807) is 0 Å². The molecular weight excluding hydrogens is 534 g/mol. The van der Waals surface area contributed by atoms with Gasteiger partial charge in [0.1, 0.15) is 0 Å². The average molecular weight is 550 g/mol. The summed E-state index contributed by atoms with van der Waals surface area (Å²) >= 11 is 12.3. The van der Waals surface area contributed by atoms with Gasteiger partial charge in [0, 0.05) is 33.8 Å². The molecule has 0 fully saturated rings. The van der Waals surface area contributed by atoms with Crippen molar-refractivity contribution in [2.24, 2.45) is 0 Å². The zero-order valence-corrected chi connectivity index (χ0v) is 20.5. The lowest BCUT2D eigenvalue weighted by Gasteiger charge is -2.14. The first kappa shape index (κ1) is 25.9. The lowest BCUT2D eigenvalue weighted by Crippen LogP contribution is -2.23. The van der Waals surface area contributed by atoms with Gasteiger partial charge in [0.15, 0.2) is 16.3 Å². The molecule has 184 valence electrons. The fourth-order valence-electron chi connectivity index (χ4n) is 3.84. The average Bonchev–Trinajstić information content (AvgIpc) is 2.84. The Bertz CT molecular complexity index is 1550. The van der Waals surface area contributed by atoms with Gasteiger partial charge in [-0.05, 0) is 47.5 Å². The van der Waals surface area contributed by atoms with Gasteiger partial charge in [-0.15, -0.1) is 0 Å². The van der Waals surface area contributed by atoms with Crippen molar-refractivity contribution >= 4 is 49.7 Å². The highest BCUT2D eigenvalue weighted by atomic mass is 35.5. The van der Waals surface area contributed by atoms with Crippen molar-refractivity contribution in [2.45, 2.75) is 5.51 Å². The van der Waals surface area contributed by atoms with Crippen LogP contribution in [0.3, 0.4) is 0 Å². The van der Waals surface area contributed by atoms with Crippen molar-refractivity contribution in [1.29, 1.82) is 0 Å². The molecule has 0 saturated carbocycles. The van der Waals surface area contributed by atoms with E-state index >= 15 is 0 Å². The maximum absolute atomic E-state index is 10.7. The Labute approximate surface area is 214 Å². The highest BCUT2D eigenvalue weighted by Crippen LogP contribution is 2.39. The van der Waals surface area contributed by atoms with Crippen LogP contribution in [0.15, 0.2) is 97.2 Å². The SMILES string of the molecule is Clc1ccc(-c2c(-c3ccc(Cl)cc3)c3cccc[n+]3c3ccccc23)cc1.O=S(=O)([O-])C(F)(F)F. The fourth-order valence-corrected chi connectivity index (χ4v) is 4.09. The van der Waals surface area contributed by atoms with E-state index in [1.165, 1.54) is 22.0 Å². The lowest BCUT2D eigenvalue weighted by molar-refractivity contribution is -0.481. The molecule has 36 heavy (non-hydrogen) atoms. The molecule has 0 bridgehead atoms. The van der Waals surface area contributed by atoms with Crippen molar-refractivity contribution in [3.05, 3.63) is 107 Å². The molecule has 0 radical (unpaired) electrons. The standard InChI is InChI=1S/C25H16Cl2N.CHF3O3S/c26-19-12-8-17(9-13-19)24-21-5-1-2-6-22(21)28-16-4-3-7-23(28)25(24)18-10-14-20(27)15-11-18;2-1(3,4)8(5,6)7/h1-16H;(H,5,6,7)/q+1;/p-1. The van der Waals surface area contributed by atoms with E-state index in [2.05, 4.69) is 77.3 Å². The molecule has 0 aliphatic carbocycles. The number of aromatic nitrogens is 1. The molecule has 0 saturated heterocycles. The predicted octanol–water partition coefficient (Wildman–Crippen LogP) is 7.27. The van der Waals surface area contributed by atoms with Crippen LogP contribution in [0, 0.1) is 0 Å². The molecule has 2 heterocycles. The van der Waals surface area contributed by atoms with Crippen LogP contribution in [0.2, 0.25) is 10.0 Å². The number of halogens is 5. The van der Waals surface area contributed by atoms with Crippen molar-refractivity contribution in [3.8, 4) is 22.3 Å². The molecule has 0 atom stereocenters. The Kier molecular flexibility index (Phi) is 7.24. The van der Waals surface area contributed by atoms with Crippen molar-refractivity contribution in [2.75, 3.05) is 0 Å². The van der Waals surface area contributed by atoms with Crippen molar-refractivity contribution in [1.82, 2.24) is 0 Å². The topological polar surface area (TPSA) is 61.3 Å². The zero-order valence-electron chi connectivity index (χ0n) is 18.2. The van der Waals surface area contributed by atoms with Gasteiger partial charge in [-0.3, -0.25) is 0 Å². The van der Waals surface area contributed by atoms with Crippen LogP contribution in [-0.4, -0.2) is 18.5 Å². The molecule has 0 aliphatic heterocycles. The lowest BCUT2D eigenvalue weighted by atomic mass is 9.90. The number of para-hydroxylation sites is 1. The minimum Gasteiger partial charge on any atom is -0.741 e. The maximum atomic E-state index is 10.7. The third-order valence-corrected chi connectivity index (χ3v) is 6.42. The fraction of sp³-hybridized carbons (Fsp3) is 0.0385. The largest absolute Gasteiger partial charge is 0.741 e. The van der Waals surface area contributed by atoms with E-state index in [-0.39, 0.29) is 0 Å². The molecule has 5 aromatic rings. The van der Waals surface area contributed by atoms with Crippen LogP contribution < -0.4 is 4.40 Å². The first-order chi connectivity index (χ1) is 17.0. The Balaban J connectivity index is 0.000000331. The van der Waals surface area contributed by atoms with Gasteiger partial charge in [0.2, 0.25) is 11.0 Å². The second kappa shape index (κ2) is 10.1. The molecule has 0 spiro atoms. The van der Waals surface area contributed by atoms with E-state index in [4.69, 9.17) is 36.2 Å². The predicted molar refractivity (Wildman–Crippen MR) is 134 cm³/mol. The Morgan fingerprint density at radius 1 is 0.667 bits per heavy atom. The number of hydrogen-bond acceptors (Lipinski definition) is 3. The molecule has 2 aromatic heterocycles. The van der Waals surface area contributed by atoms with Crippen LogP contribution >= 0.6 is 23.2 Å². The number of pyridine rings is 2. The Morgan fingerprint density at radius 3 is 1.64 bits per heavy atom. The molecule has 3 aromatic carbocycles. The summed E-state index contributed by atoms with van der Waals surface area (Å²) in [5, 5.41) is 2.66. The van der Waals surface area contributed by atoms with Gasteiger partial charge in [-0.25, -0.2) is 8.42 Å². The third-order valence-electron chi connectivity index (χ3n) is 5.35. The summed E-state index contributed by atoms with van der Waals surface area (Å²) < 4.78 is 61.2. The van der Waals surface area contributed by atoms with Gasteiger partial charge >= 0.3 is 5.51 Å². The molecular formula is C26H16Cl2F3NO3S. The first-order valence-electron chi connectivity index (χ1n) is 10.4. The molecule has 0 amide bonds. The molecule has 5 rings (SSSR count). The zero-order chi connectivity index (χ0) is 26.1. The van der Waals surface area contributed by atoms with Gasteiger partial charge < -0.3 is 4.55 Å². The van der Waals surface area contributed by atoms with Gasteiger partial charge in [-0.1, -0.05) is 59.6 Å². The maximum Gasteiger partial charge on any atom is 0.485 e. The van der Waals surface area contributed by atoms with E-state index in [1.807, 2.05) is 24.3 Å². The summed E-state index contributed by atoms with van der Waals surface area (Å²) in [5.74, 6) is 0. The van der Waals surface area contributed by atoms with Gasteiger partial charge in [0.05, 0.1) is 10.9 Å². The number of hydrogen-bond donors (Lipinski definition) is 0. The van der Waals surface area contributed by atoms with Gasteiger partial charge in [0.25, 0.3) is 0 Å². The molecule has 0 unspecified atom stereocenters. The van der Waals surface area contributed by atoms with Crippen LogP contribution in [-0.2, 0) is 10.1 Å². The highest BCUT2D eigenvalue weighted by Gasteiger charge is 2.36. The summed E-state index contributed by atoms with van der Waals surface area (Å²) in [6.45, 7) is 0. The number of alkyl halides is 3. The monoisotopic (exact) mass is 549 g/mol.